The minimum atomic E-state index is -0.461. The Hall–Kier alpha value is -3.05. The highest BCUT2D eigenvalue weighted by molar-refractivity contribution is 6.30. The van der Waals surface area contributed by atoms with E-state index in [4.69, 9.17) is 16.3 Å². The molecule has 6 heteroatoms. The van der Waals surface area contributed by atoms with Gasteiger partial charge in [-0.15, -0.1) is 0 Å². The van der Waals surface area contributed by atoms with Crippen molar-refractivity contribution in [3.05, 3.63) is 87.2 Å². The minimum Gasteiger partial charge on any atom is -0.460 e. The van der Waals surface area contributed by atoms with Crippen LogP contribution in [0.5, 0.6) is 0 Å². The molecule has 1 aliphatic carbocycles. The molecule has 1 heterocycles. The van der Waals surface area contributed by atoms with E-state index in [0.29, 0.717) is 29.0 Å². The summed E-state index contributed by atoms with van der Waals surface area (Å²) < 4.78 is 5.60. The monoisotopic (exact) mass is 478 g/mol. The van der Waals surface area contributed by atoms with Gasteiger partial charge in [0, 0.05) is 54.1 Å². The lowest BCUT2D eigenvalue weighted by Gasteiger charge is -2.37. The van der Waals surface area contributed by atoms with Gasteiger partial charge in [0.25, 0.3) is 0 Å². The zero-order valence-electron chi connectivity index (χ0n) is 20.3. The standard InChI is InChI=1S/C28H31ClN2O3/c1-16(2)34-28(33)25-17(3)30-23-14-20(18-6-10-21(29)11-7-18)15-24(32)27(23)26(25)19-8-12-22(13-9-19)31(4)5/h6-13,16,20,26,30H,14-15H2,1-5H3/t20-,26-/m1/s1. The molecular weight excluding hydrogens is 448 g/mol. The van der Waals surface area contributed by atoms with Gasteiger partial charge in [-0.2, -0.15) is 0 Å². The van der Waals surface area contributed by atoms with Crippen LogP contribution in [0.2, 0.25) is 5.02 Å². The molecule has 0 saturated heterocycles. The Morgan fingerprint density at radius 2 is 1.65 bits per heavy atom. The lowest BCUT2D eigenvalue weighted by molar-refractivity contribution is -0.143. The van der Waals surface area contributed by atoms with Crippen molar-refractivity contribution in [2.45, 2.75) is 51.6 Å². The van der Waals surface area contributed by atoms with E-state index in [1.807, 2.05) is 88.3 Å². The Morgan fingerprint density at radius 3 is 2.24 bits per heavy atom. The average Bonchev–Trinajstić information content (AvgIpc) is 2.78. The smallest absolute Gasteiger partial charge is 0.337 e. The Labute approximate surface area is 206 Å². The van der Waals surface area contributed by atoms with Gasteiger partial charge in [0.2, 0.25) is 0 Å². The SMILES string of the molecule is CC1=C(C(=O)OC(C)C)[C@@H](c2ccc(N(C)C)cc2)C2=C(C[C@@H](c3ccc(Cl)cc3)CC2=O)N1. The number of hydrogen-bond donors (Lipinski definition) is 1. The molecule has 0 fully saturated rings. The highest BCUT2D eigenvalue weighted by atomic mass is 35.5. The van der Waals surface area contributed by atoms with Crippen molar-refractivity contribution in [3.63, 3.8) is 0 Å². The number of nitrogens with zero attached hydrogens (tertiary/aromatic N) is 1. The van der Waals surface area contributed by atoms with Gasteiger partial charge < -0.3 is 15.0 Å². The van der Waals surface area contributed by atoms with Gasteiger partial charge >= 0.3 is 5.97 Å². The molecule has 178 valence electrons. The van der Waals surface area contributed by atoms with Crippen molar-refractivity contribution in [3.8, 4) is 0 Å². The summed E-state index contributed by atoms with van der Waals surface area (Å²) in [7, 11) is 3.97. The number of ether oxygens (including phenoxy) is 1. The summed E-state index contributed by atoms with van der Waals surface area (Å²) in [6.45, 7) is 5.55. The van der Waals surface area contributed by atoms with Crippen LogP contribution in [0.25, 0.3) is 0 Å². The van der Waals surface area contributed by atoms with Gasteiger partial charge in [-0.25, -0.2) is 4.79 Å². The number of ketones is 1. The summed E-state index contributed by atoms with van der Waals surface area (Å²) in [5.74, 6) is -0.735. The summed E-state index contributed by atoms with van der Waals surface area (Å²) in [4.78, 5) is 28.9. The second-order valence-corrected chi connectivity index (χ2v) is 9.95. The zero-order valence-corrected chi connectivity index (χ0v) is 21.1. The number of benzene rings is 2. The number of carbonyl (C=O) groups is 2. The zero-order chi connectivity index (χ0) is 24.6. The average molecular weight is 479 g/mol. The Kier molecular flexibility index (Phi) is 6.85. The van der Waals surface area contributed by atoms with Crippen LogP contribution >= 0.6 is 11.6 Å². The van der Waals surface area contributed by atoms with E-state index in [0.717, 1.165) is 28.2 Å². The molecule has 0 aromatic heterocycles. The molecule has 0 spiro atoms. The normalized spacial score (nSPS) is 20.3. The summed E-state index contributed by atoms with van der Waals surface area (Å²) in [5, 5.41) is 4.07. The molecule has 2 aromatic carbocycles. The summed E-state index contributed by atoms with van der Waals surface area (Å²) in [6, 6.07) is 15.7. The molecule has 0 radical (unpaired) electrons. The fourth-order valence-electron chi connectivity index (χ4n) is 4.86. The van der Waals surface area contributed by atoms with E-state index in [2.05, 4.69) is 5.32 Å². The first-order chi connectivity index (χ1) is 16.2. The van der Waals surface area contributed by atoms with Crippen molar-refractivity contribution < 1.29 is 14.3 Å². The number of anilines is 1. The Bertz CT molecular complexity index is 1160. The summed E-state index contributed by atoms with van der Waals surface area (Å²) in [6.07, 6.45) is 0.829. The molecule has 0 amide bonds. The van der Waals surface area contributed by atoms with Crippen LogP contribution in [0.4, 0.5) is 5.69 Å². The van der Waals surface area contributed by atoms with Crippen LogP contribution in [0.15, 0.2) is 71.1 Å². The second-order valence-electron chi connectivity index (χ2n) is 9.51. The van der Waals surface area contributed by atoms with Crippen LogP contribution < -0.4 is 10.2 Å². The van der Waals surface area contributed by atoms with Crippen LogP contribution in [0.3, 0.4) is 0 Å². The van der Waals surface area contributed by atoms with Gasteiger partial charge in [0.05, 0.1) is 11.7 Å². The van der Waals surface area contributed by atoms with Gasteiger partial charge in [-0.1, -0.05) is 35.9 Å². The molecule has 0 saturated carbocycles. The van der Waals surface area contributed by atoms with Crippen LogP contribution in [0.1, 0.15) is 56.6 Å². The first-order valence-electron chi connectivity index (χ1n) is 11.6. The number of nitrogens with one attached hydrogen (secondary N) is 1. The number of esters is 1. The van der Waals surface area contributed by atoms with Gasteiger partial charge in [0.15, 0.2) is 5.78 Å². The molecule has 2 aromatic rings. The number of hydrogen-bond acceptors (Lipinski definition) is 5. The van der Waals surface area contributed by atoms with E-state index in [9.17, 15) is 9.59 Å². The van der Waals surface area contributed by atoms with Crippen LogP contribution in [0, 0.1) is 0 Å². The molecule has 2 aliphatic rings. The van der Waals surface area contributed by atoms with E-state index < -0.39 is 5.92 Å². The lowest BCUT2D eigenvalue weighted by atomic mass is 9.71. The number of Topliss-reactive ketones (excluding diaryl/α,β-unsaturated/α-hetero) is 1. The number of halogens is 1. The third kappa shape index (κ3) is 4.76. The van der Waals surface area contributed by atoms with Gasteiger partial charge in [0.1, 0.15) is 0 Å². The van der Waals surface area contributed by atoms with E-state index in [1.54, 1.807) is 0 Å². The van der Waals surface area contributed by atoms with Crippen molar-refractivity contribution in [2.24, 2.45) is 0 Å². The largest absolute Gasteiger partial charge is 0.460 e. The van der Waals surface area contributed by atoms with Crippen molar-refractivity contribution in [1.29, 1.82) is 0 Å². The number of carbonyl (C=O) groups excluding carboxylic acids is 2. The third-order valence-electron chi connectivity index (χ3n) is 6.47. The van der Waals surface area contributed by atoms with Crippen molar-refractivity contribution in [1.82, 2.24) is 5.32 Å². The highest BCUT2D eigenvalue weighted by Gasteiger charge is 2.41. The quantitative estimate of drug-likeness (QED) is 0.557. The van der Waals surface area contributed by atoms with E-state index >= 15 is 0 Å². The summed E-state index contributed by atoms with van der Waals surface area (Å²) >= 11 is 6.07. The molecule has 2 atom stereocenters. The lowest BCUT2D eigenvalue weighted by Crippen LogP contribution is -2.36. The fourth-order valence-corrected chi connectivity index (χ4v) is 4.98. The van der Waals surface area contributed by atoms with E-state index in [-0.39, 0.29) is 23.8 Å². The van der Waals surface area contributed by atoms with Crippen LogP contribution in [-0.2, 0) is 14.3 Å². The predicted molar refractivity (Wildman–Crippen MR) is 136 cm³/mol. The molecule has 5 nitrogen and oxygen atoms in total. The van der Waals surface area contributed by atoms with Gasteiger partial charge in [-0.05, 0) is 68.5 Å². The number of rotatable bonds is 5. The molecule has 34 heavy (non-hydrogen) atoms. The molecule has 0 unspecified atom stereocenters. The maximum Gasteiger partial charge on any atom is 0.337 e. The summed E-state index contributed by atoms with van der Waals surface area (Å²) in [5.41, 5.74) is 5.84. The van der Waals surface area contributed by atoms with Crippen molar-refractivity contribution in [2.75, 3.05) is 19.0 Å². The fraction of sp³-hybridized carbons (Fsp3) is 0.357. The molecule has 4 rings (SSSR count). The maximum absolute atomic E-state index is 13.6. The Morgan fingerprint density at radius 1 is 1.03 bits per heavy atom. The highest BCUT2D eigenvalue weighted by Crippen LogP contribution is 2.46. The topological polar surface area (TPSA) is 58.6 Å². The minimum absolute atomic E-state index is 0.0535. The second kappa shape index (κ2) is 9.67. The van der Waals surface area contributed by atoms with Crippen LogP contribution in [-0.4, -0.2) is 32.0 Å². The number of dihydropyridines is 1. The molecule has 1 N–H and O–H groups in total. The maximum atomic E-state index is 13.6. The number of allylic oxidation sites excluding steroid dienone is 3. The van der Waals surface area contributed by atoms with Gasteiger partial charge in [-0.3, -0.25) is 4.79 Å². The van der Waals surface area contributed by atoms with E-state index in [1.165, 1.54) is 0 Å². The first kappa shape index (κ1) is 24.1. The van der Waals surface area contributed by atoms with Crippen molar-refractivity contribution >= 4 is 29.0 Å². The molecular formula is C28H31ClN2O3. The molecule has 1 aliphatic heterocycles. The molecule has 0 bridgehead atoms. The Balaban J connectivity index is 1.78. The predicted octanol–water partition coefficient (Wildman–Crippen LogP) is 5.72. The first-order valence-corrected chi connectivity index (χ1v) is 12.0. The third-order valence-corrected chi connectivity index (χ3v) is 6.73.